The maximum Gasteiger partial charge on any atom is 0.255 e. The van der Waals surface area contributed by atoms with Crippen LogP contribution in [0.25, 0.3) is 0 Å². The Kier molecular flexibility index (Phi) is 3.95. The lowest BCUT2D eigenvalue weighted by Crippen LogP contribution is -2.37. The van der Waals surface area contributed by atoms with Crippen LogP contribution < -0.4 is 5.32 Å². The second-order valence-electron chi connectivity index (χ2n) is 3.68. The number of nitriles is 1. The first-order chi connectivity index (χ1) is 7.56. The van der Waals surface area contributed by atoms with Gasteiger partial charge < -0.3 is 5.32 Å². The first-order valence-corrected chi connectivity index (χ1v) is 4.86. The second-order valence-corrected chi connectivity index (χ2v) is 3.68. The molecule has 1 aromatic rings. The minimum Gasteiger partial charge on any atom is -0.336 e. The molecule has 5 heteroatoms. The van der Waals surface area contributed by atoms with Crippen molar-refractivity contribution in [2.45, 2.75) is 19.9 Å². The average Bonchev–Trinajstić information content (AvgIpc) is 2.25. The van der Waals surface area contributed by atoms with Crippen LogP contribution in [0.1, 0.15) is 24.2 Å². The van der Waals surface area contributed by atoms with Crippen LogP contribution in [-0.4, -0.2) is 16.9 Å². The fraction of sp³-hybridized carbons (Fsp3) is 0.364. The van der Waals surface area contributed by atoms with Crippen molar-refractivity contribution in [1.82, 2.24) is 10.3 Å². The molecule has 0 radical (unpaired) electrons. The normalized spacial score (nSPS) is 11.9. The number of pyridine rings is 1. The molecule has 0 saturated carbocycles. The molecular weight excluding hydrogens is 209 g/mol. The summed E-state index contributed by atoms with van der Waals surface area (Å²) >= 11 is 0. The molecule has 0 aromatic carbocycles. The SMILES string of the molecule is CC(C)C(C#N)NC(=O)c1ccncc1F. The van der Waals surface area contributed by atoms with E-state index < -0.39 is 17.8 Å². The van der Waals surface area contributed by atoms with Crippen LogP contribution in [-0.2, 0) is 0 Å². The first-order valence-electron chi connectivity index (χ1n) is 4.86. The Morgan fingerprint density at radius 2 is 2.31 bits per heavy atom. The lowest BCUT2D eigenvalue weighted by molar-refractivity contribution is 0.0933. The van der Waals surface area contributed by atoms with E-state index in [0.29, 0.717) is 0 Å². The average molecular weight is 221 g/mol. The summed E-state index contributed by atoms with van der Waals surface area (Å²) in [5.74, 6) is -1.32. The van der Waals surface area contributed by atoms with Crippen LogP contribution >= 0.6 is 0 Å². The van der Waals surface area contributed by atoms with Crippen LogP contribution in [0, 0.1) is 23.1 Å². The van der Waals surface area contributed by atoms with E-state index in [4.69, 9.17) is 5.26 Å². The van der Waals surface area contributed by atoms with Crippen molar-refractivity contribution in [3.8, 4) is 6.07 Å². The summed E-state index contributed by atoms with van der Waals surface area (Å²) < 4.78 is 13.2. The molecular formula is C11H12FN3O. The highest BCUT2D eigenvalue weighted by Crippen LogP contribution is 2.06. The number of hydrogen-bond acceptors (Lipinski definition) is 3. The predicted octanol–water partition coefficient (Wildman–Crippen LogP) is 1.50. The van der Waals surface area contributed by atoms with Gasteiger partial charge in [-0.15, -0.1) is 0 Å². The van der Waals surface area contributed by atoms with E-state index in [-0.39, 0.29) is 11.5 Å². The number of nitrogens with one attached hydrogen (secondary N) is 1. The standard InChI is InChI=1S/C11H12FN3O/c1-7(2)10(5-13)15-11(16)8-3-4-14-6-9(8)12/h3-4,6-7,10H,1-2H3,(H,15,16). The van der Waals surface area contributed by atoms with Crippen molar-refractivity contribution < 1.29 is 9.18 Å². The van der Waals surface area contributed by atoms with E-state index >= 15 is 0 Å². The van der Waals surface area contributed by atoms with E-state index in [2.05, 4.69) is 10.3 Å². The Bertz CT molecular complexity index is 425. The third kappa shape index (κ3) is 2.76. The number of nitrogens with zero attached hydrogens (tertiary/aromatic N) is 2. The lowest BCUT2D eigenvalue weighted by Gasteiger charge is -2.14. The minimum atomic E-state index is -0.694. The van der Waals surface area contributed by atoms with Gasteiger partial charge in [0.1, 0.15) is 6.04 Å². The van der Waals surface area contributed by atoms with Crippen LogP contribution in [0.3, 0.4) is 0 Å². The van der Waals surface area contributed by atoms with Gasteiger partial charge in [-0.3, -0.25) is 9.78 Å². The smallest absolute Gasteiger partial charge is 0.255 e. The highest BCUT2D eigenvalue weighted by molar-refractivity contribution is 5.94. The van der Waals surface area contributed by atoms with Gasteiger partial charge >= 0.3 is 0 Å². The van der Waals surface area contributed by atoms with Gasteiger partial charge in [0.2, 0.25) is 0 Å². The minimum absolute atomic E-state index is 0.0288. The molecule has 16 heavy (non-hydrogen) atoms. The third-order valence-corrected chi connectivity index (χ3v) is 2.11. The predicted molar refractivity (Wildman–Crippen MR) is 55.9 cm³/mol. The molecule has 4 nitrogen and oxygen atoms in total. The fourth-order valence-corrected chi connectivity index (χ4v) is 1.13. The maximum atomic E-state index is 13.2. The highest BCUT2D eigenvalue weighted by atomic mass is 19.1. The van der Waals surface area contributed by atoms with Crippen molar-refractivity contribution in [1.29, 1.82) is 5.26 Å². The van der Waals surface area contributed by atoms with Crippen molar-refractivity contribution in [3.63, 3.8) is 0 Å². The number of halogens is 1. The summed E-state index contributed by atoms with van der Waals surface area (Å²) in [4.78, 5) is 15.2. The maximum absolute atomic E-state index is 13.2. The van der Waals surface area contributed by atoms with Crippen LogP contribution in [0.4, 0.5) is 4.39 Å². The zero-order valence-corrected chi connectivity index (χ0v) is 9.07. The Balaban J connectivity index is 2.81. The largest absolute Gasteiger partial charge is 0.336 e. The number of hydrogen-bond donors (Lipinski definition) is 1. The molecule has 1 aromatic heterocycles. The fourth-order valence-electron chi connectivity index (χ4n) is 1.13. The van der Waals surface area contributed by atoms with Crippen molar-refractivity contribution >= 4 is 5.91 Å². The molecule has 1 unspecified atom stereocenters. The van der Waals surface area contributed by atoms with E-state index in [1.165, 1.54) is 12.3 Å². The van der Waals surface area contributed by atoms with Gasteiger partial charge in [-0.2, -0.15) is 5.26 Å². The molecule has 1 amide bonds. The van der Waals surface area contributed by atoms with E-state index in [9.17, 15) is 9.18 Å². The molecule has 1 N–H and O–H groups in total. The van der Waals surface area contributed by atoms with E-state index in [0.717, 1.165) is 6.20 Å². The quantitative estimate of drug-likeness (QED) is 0.841. The van der Waals surface area contributed by atoms with Gasteiger partial charge in [0.25, 0.3) is 5.91 Å². The Hall–Kier alpha value is -1.96. The van der Waals surface area contributed by atoms with Gasteiger partial charge in [0.05, 0.1) is 17.8 Å². The van der Waals surface area contributed by atoms with Gasteiger partial charge in [-0.1, -0.05) is 13.8 Å². The van der Waals surface area contributed by atoms with Crippen LogP contribution in [0.15, 0.2) is 18.5 Å². The van der Waals surface area contributed by atoms with Crippen LogP contribution in [0.2, 0.25) is 0 Å². The summed E-state index contributed by atoms with van der Waals surface area (Å²) in [5.41, 5.74) is -0.101. The molecule has 0 aliphatic heterocycles. The topological polar surface area (TPSA) is 65.8 Å². The molecule has 0 fully saturated rings. The van der Waals surface area contributed by atoms with Gasteiger partial charge in [0.15, 0.2) is 5.82 Å². The van der Waals surface area contributed by atoms with Crippen molar-refractivity contribution in [2.24, 2.45) is 5.92 Å². The van der Waals surface area contributed by atoms with Gasteiger partial charge in [0, 0.05) is 6.20 Å². The zero-order chi connectivity index (χ0) is 12.1. The number of aromatic nitrogens is 1. The van der Waals surface area contributed by atoms with Gasteiger partial charge in [-0.25, -0.2) is 4.39 Å². The van der Waals surface area contributed by atoms with E-state index in [1.807, 2.05) is 6.07 Å². The van der Waals surface area contributed by atoms with Crippen LogP contribution in [0.5, 0.6) is 0 Å². The summed E-state index contributed by atoms with van der Waals surface area (Å²) in [6.07, 6.45) is 2.29. The molecule has 0 aliphatic carbocycles. The number of amides is 1. The molecule has 84 valence electrons. The second kappa shape index (κ2) is 5.21. The van der Waals surface area contributed by atoms with Crippen molar-refractivity contribution in [2.75, 3.05) is 0 Å². The van der Waals surface area contributed by atoms with Gasteiger partial charge in [-0.05, 0) is 12.0 Å². The van der Waals surface area contributed by atoms with E-state index in [1.54, 1.807) is 13.8 Å². The summed E-state index contributed by atoms with van der Waals surface area (Å²) in [6, 6.07) is 2.60. The molecule has 1 heterocycles. The molecule has 0 bridgehead atoms. The Labute approximate surface area is 93.1 Å². The number of rotatable bonds is 3. The van der Waals surface area contributed by atoms with Crippen molar-refractivity contribution in [3.05, 3.63) is 29.8 Å². The molecule has 0 spiro atoms. The Morgan fingerprint density at radius 3 is 2.81 bits per heavy atom. The number of carbonyl (C=O) groups is 1. The first kappa shape index (κ1) is 12.1. The summed E-state index contributed by atoms with van der Waals surface area (Å²) in [5, 5.41) is 11.2. The highest BCUT2D eigenvalue weighted by Gasteiger charge is 2.18. The zero-order valence-electron chi connectivity index (χ0n) is 9.07. The molecule has 0 saturated heterocycles. The monoisotopic (exact) mass is 221 g/mol. The Morgan fingerprint density at radius 1 is 1.62 bits per heavy atom. The molecule has 0 aliphatic rings. The number of carbonyl (C=O) groups excluding carboxylic acids is 1. The summed E-state index contributed by atoms with van der Waals surface area (Å²) in [7, 11) is 0. The lowest BCUT2D eigenvalue weighted by atomic mass is 10.1. The molecule has 1 rings (SSSR count). The molecule has 1 atom stereocenters. The summed E-state index contributed by atoms with van der Waals surface area (Å²) in [6.45, 7) is 3.61. The third-order valence-electron chi connectivity index (χ3n) is 2.11.